The van der Waals surface area contributed by atoms with Crippen LogP contribution in [0.1, 0.15) is 12.0 Å². The van der Waals surface area contributed by atoms with Crippen LogP contribution in [0.25, 0.3) is 0 Å². The Morgan fingerprint density at radius 2 is 1.65 bits per heavy atom. The van der Waals surface area contributed by atoms with E-state index in [1.165, 1.54) is 5.56 Å². The van der Waals surface area contributed by atoms with E-state index in [4.69, 9.17) is 0 Å². The zero-order valence-electron chi connectivity index (χ0n) is 11.1. The predicted octanol–water partition coefficient (Wildman–Crippen LogP) is 5.05. The maximum Gasteiger partial charge on any atom is 0.288 e. The van der Waals surface area contributed by atoms with Crippen LogP contribution in [-0.2, 0) is 6.42 Å². The molecule has 106 valence electrons. The summed E-state index contributed by atoms with van der Waals surface area (Å²) in [5.74, 6) is -2.39. The first-order valence-corrected chi connectivity index (χ1v) is 7.45. The molecule has 0 saturated heterocycles. The molecule has 0 aliphatic rings. The van der Waals surface area contributed by atoms with E-state index in [1.807, 2.05) is 30.3 Å². The van der Waals surface area contributed by atoms with E-state index in [1.54, 1.807) is 12.1 Å². The molecule has 0 radical (unpaired) electrons. The van der Waals surface area contributed by atoms with Crippen molar-refractivity contribution >= 4 is 17.4 Å². The smallest absolute Gasteiger partial charge is 0.288 e. The van der Waals surface area contributed by atoms with Crippen molar-refractivity contribution in [3.8, 4) is 0 Å². The van der Waals surface area contributed by atoms with Crippen molar-refractivity contribution in [3.05, 3.63) is 60.2 Å². The highest BCUT2D eigenvalue weighted by Gasteiger charge is 2.08. The molecule has 0 heterocycles. The monoisotopic (exact) mass is 293 g/mol. The van der Waals surface area contributed by atoms with Gasteiger partial charge in [-0.25, -0.2) is 0 Å². The fourth-order valence-electron chi connectivity index (χ4n) is 1.97. The standard InChI is InChI=1S/C16H17F2NS/c17-16(18)20-15-11-5-4-10-14(15)19-12-6-9-13-7-2-1-3-8-13/h1-5,7-8,10-11,16,19H,6,9,12H2. The first kappa shape index (κ1) is 14.9. The van der Waals surface area contributed by atoms with Crippen molar-refractivity contribution in [1.29, 1.82) is 0 Å². The zero-order valence-corrected chi connectivity index (χ0v) is 11.9. The van der Waals surface area contributed by atoms with Crippen LogP contribution in [0, 0.1) is 0 Å². The Morgan fingerprint density at radius 1 is 0.950 bits per heavy atom. The van der Waals surface area contributed by atoms with Gasteiger partial charge in [0.25, 0.3) is 5.76 Å². The fraction of sp³-hybridized carbons (Fsp3) is 0.250. The van der Waals surface area contributed by atoms with Gasteiger partial charge in [-0.1, -0.05) is 54.2 Å². The van der Waals surface area contributed by atoms with E-state index in [0.717, 1.165) is 25.1 Å². The van der Waals surface area contributed by atoms with Crippen LogP contribution >= 0.6 is 11.8 Å². The average molecular weight is 293 g/mol. The molecule has 0 aliphatic carbocycles. The number of benzene rings is 2. The number of halogens is 2. The Bertz CT molecular complexity index is 517. The molecular weight excluding hydrogens is 276 g/mol. The Labute approximate surface area is 122 Å². The van der Waals surface area contributed by atoms with E-state index in [-0.39, 0.29) is 0 Å². The lowest BCUT2D eigenvalue weighted by Crippen LogP contribution is -2.04. The molecule has 2 aromatic rings. The van der Waals surface area contributed by atoms with Crippen molar-refractivity contribution in [3.63, 3.8) is 0 Å². The quantitative estimate of drug-likeness (QED) is 0.566. The van der Waals surface area contributed by atoms with Crippen LogP contribution in [0.2, 0.25) is 0 Å². The number of alkyl halides is 2. The molecule has 0 fully saturated rings. The van der Waals surface area contributed by atoms with Gasteiger partial charge in [0.1, 0.15) is 0 Å². The number of anilines is 1. The van der Waals surface area contributed by atoms with Gasteiger partial charge in [0.05, 0.1) is 0 Å². The second-order valence-corrected chi connectivity index (χ2v) is 5.42. The van der Waals surface area contributed by atoms with E-state index in [9.17, 15) is 8.78 Å². The van der Waals surface area contributed by atoms with Gasteiger partial charge in [-0.15, -0.1) is 0 Å². The van der Waals surface area contributed by atoms with E-state index in [2.05, 4.69) is 17.4 Å². The molecule has 0 amide bonds. The minimum Gasteiger partial charge on any atom is -0.384 e. The number of thioether (sulfide) groups is 1. The highest BCUT2D eigenvalue weighted by molar-refractivity contribution is 7.99. The number of para-hydroxylation sites is 1. The van der Waals surface area contributed by atoms with Crippen LogP contribution in [0.4, 0.5) is 14.5 Å². The summed E-state index contributed by atoms with van der Waals surface area (Å²) in [5.41, 5.74) is 2.08. The van der Waals surface area contributed by atoms with Crippen molar-refractivity contribution in [2.45, 2.75) is 23.5 Å². The van der Waals surface area contributed by atoms with Gasteiger partial charge in [-0.3, -0.25) is 0 Å². The molecule has 4 heteroatoms. The molecule has 0 atom stereocenters. The number of hydrogen-bond donors (Lipinski definition) is 1. The molecule has 0 saturated carbocycles. The Balaban J connectivity index is 1.82. The summed E-state index contributed by atoms with van der Waals surface area (Å²) < 4.78 is 24.9. The molecule has 1 N–H and O–H groups in total. The second kappa shape index (κ2) is 7.90. The molecule has 2 aromatic carbocycles. The summed E-state index contributed by atoms with van der Waals surface area (Å²) in [6, 6.07) is 17.4. The largest absolute Gasteiger partial charge is 0.384 e. The van der Waals surface area contributed by atoms with Gasteiger partial charge in [-0.05, 0) is 30.5 Å². The Hall–Kier alpha value is -1.55. The van der Waals surface area contributed by atoms with Crippen molar-refractivity contribution < 1.29 is 8.78 Å². The summed E-state index contributed by atoms with van der Waals surface area (Å²) in [6.45, 7) is 0.774. The van der Waals surface area contributed by atoms with Gasteiger partial charge in [-0.2, -0.15) is 8.78 Å². The van der Waals surface area contributed by atoms with Gasteiger partial charge in [0, 0.05) is 17.1 Å². The fourth-order valence-corrected chi connectivity index (χ4v) is 2.59. The van der Waals surface area contributed by atoms with Gasteiger partial charge >= 0.3 is 0 Å². The molecule has 1 nitrogen and oxygen atoms in total. The lowest BCUT2D eigenvalue weighted by molar-refractivity contribution is 0.252. The summed E-state index contributed by atoms with van der Waals surface area (Å²) in [7, 11) is 0. The maximum atomic E-state index is 12.4. The number of nitrogens with one attached hydrogen (secondary N) is 1. The number of aryl methyl sites for hydroxylation is 1. The third-order valence-electron chi connectivity index (χ3n) is 2.90. The molecule has 0 bridgehead atoms. The molecular formula is C16H17F2NS. The topological polar surface area (TPSA) is 12.0 Å². The summed E-state index contributed by atoms with van der Waals surface area (Å²) in [6.07, 6.45) is 1.95. The molecule has 0 spiro atoms. The van der Waals surface area contributed by atoms with Gasteiger partial charge < -0.3 is 5.32 Å². The Kier molecular flexibility index (Phi) is 5.87. The van der Waals surface area contributed by atoms with Gasteiger partial charge in [0.2, 0.25) is 0 Å². The van der Waals surface area contributed by atoms with Crippen LogP contribution in [0.15, 0.2) is 59.5 Å². The third kappa shape index (κ3) is 4.85. The van der Waals surface area contributed by atoms with Crippen LogP contribution in [0.3, 0.4) is 0 Å². The number of hydrogen-bond acceptors (Lipinski definition) is 2. The predicted molar refractivity (Wildman–Crippen MR) is 81.6 cm³/mol. The highest BCUT2D eigenvalue weighted by Crippen LogP contribution is 2.31. The van der Waals surface area contributed by atoms with Crippen LogP contribution < -0.4 is 5.32 Å². The average Bonchev–Trinajstić information content (AvgIpc) is 2.46. The second-order valence-electron chi connectivity index (χ2n) is 4.39. The summed E-state index contributed by atoms with van der Waals surface area (Å²) >= 11 is 0.584. The third-order valence-corrected chi connectivity index (χ3v) is 3.69. The van der Waals surface area contributed by atoms with Crippen LogP contribution in [0.5, 0.6) is 0 Å². The van der Waals surface area contributed by atoms with E-state index < -0.39 is 5.76 Å². The van der Waals surface area contributed by atoms with E-state index >= 15 is 0 Å². The molecule has 2 rings (SSSR count). The lowest BCUT2D eigenvalue weighted by Gasteiger charge is -2.11. The SMILES string of the molecule is FC(F)Sc1ccccc1NCCCc1ccccc1. The van der Waals surface area contributed by atoms with Crippen molar-refractivity contribution in [1.82, 2.24) is 0 Å². The van der Waals surface area contributed by atoms with E-state index in [0.29, 0.717) is 16.7 Å². The van der Waals surface area contributed by atoms with Crippen LogP contribution in [-0.4, -0.2) is 12.3 Å². The summed E-state index contributed by atoms with van der Waals surface area (Å²) in [4.78, 5) is 0.599. The minimum atomic E-state index is -2.39. The minimum absolute atomic E-state index is 0.584. The Morgan fingerprint density at radius 3 is 2.40 bits per heavy atom. The number of rotatable bonds is 7. The zero-order chi connectivity index (χ0) is 14.2. The summed E-state index contributed by atoms with van der Waals surface area (Å²) in [5, 5.41) is 3.23. The molecule has 0 aliphatic heterocycles. The van der Waals surface area contributed by atoms with Gasteiger partial charge in [0.15, 0.2) is 0 Å². The molecule has 0 unspecified atom stereocenters. The van der Waals surface area contributed by atoms with Crippen molar-refractivity contribution in [2.24, 2.45) is 0 Å². The first-order valence-electron chi connectivity index (χ1n) is 6.57. The molecule has 20 heavy (non-hydrogen) atoms. The lowest BCUT2D eigenvalue weighted by atomic mass is 10.1. The first-order chi connectivity index (χ1) is 9.75. The maximum absolute atomic E-state index is 12.4. The molecule has 0 aromatic heterocycles. The normalized spacial score (nSPS) is 10.8. The highest BCUT2D eigenvalue weighted by atomic mass is 32.2. The van der Waals surface area contributed by atoms with Crippen molar-refractivity contribution in [2.75, 3.05) is 11.9 Å².